The fourth-order valence-corrected chi connectivity index (χ4v) is 3.50. The van der Waals surface area contributed by atoms with Gasteiger partial charge in [-0.25, -0.2) is 4.98 Å². The minimum Gasteiger partial charge on any atom is -0.375 e. The number of aromatic nitrogens is 1. The zero-order valence-electron chi connectivity index (χ0n) is 15.4. The van der Waals surface area contributed by atoms with Gasteiger partial charge in [0.25, 0.3) is 0 Å². The molecule has 0 aromatic carbocycles. The maximum Gasteiger partial charge on any atom is 0.236 e. The minimum absolute atomic E-state index is 0.0174. The van der Waals surface area contributed by atoms with E-state index in [1.165, 1.54) is 0 Å². The Hall–Kier alpha value is -1.99. The largest absolute Gasteiger partial charge is 0.375 e. The molecule has 2 fully saturated rings. The highest BCUT2D eigenvalue weighted by molar-refractivity contribution is 5.91. The first-order valence-corrected chi connectivity index (χ1v) is 9.49. The summed E-state index contributed by atoms with van der Waals surface area (Å²) in [5.41, 5.74) is 0. The van der Waals surface area contributed by atoms with Gasteiger partial charge in [-0.15, -0.1) is 0 Å². The summed E-state index contributed by atoms with van der Waals surface area (Å²) in [5.74, 6) is 0.765. The summed E-state index contributed by atoms with van der Waals surface area (Å²) in [6, 6.07) is 5.46. The molecule has 2 aliphatic heterocycles. The molecule has 0 spiro atoms. The molecule has 2 amide bonds. The molecule has 2 aliphatic rings. The van der Waals surface area contributed by atoms with Crippen LogP contribution in [0.15, 0.2) is 24.4 Å². The summed E-state index contributed by atoms with van der Waals surface area (Å²) in [6.45, 7) is 6.06. The van der Waals surface area contributed by atoms with E-state index in [4.69, 9.17) is 4.74 Å². The highest BCUT2D eigenvalue weighted by Crippen LogP contribution is 2.19. The van der Waals surface area contributed by atoms with Gasteiger partial charge in [0.05, 0.1) is 19.3 Å². The maximum absolute atomic E-state index is 12.5. The highest BCUT2D eigenvalue weighted by atomic mass is 16.5. The molecule has 1 unspecified atom stereocenters. The molecule has 0 saturated carbocycles. The highest BCUT2D eigenvalue weighted by Gasteiger charge is 2.28. The van der Waals surface area contributed by atoms with Crippen LogP contribution in [-0.4, -0.2) is 72.0 Å². The summed E-state index contributed by atoms with van der Waals surface area (Å²) >= 11 is 0. The van der Waals surface area contributed by atoms with Gasteiger partial charge in [-0.1, -0.05) is 13.0 Å². The van der Waals surface area contributed by atoms with Crippen molar-refractivity contribution in [1.29, 1.82) is 0 Å². The first-order valence-electron chi connectivity index (χ1n) is 9.49. The van der Waals surface area contributed by atoms with Crippen molar-refractivity contribution in [2.45, 2.75) is 32.3 Å². The Kier molecular flexibility index (Phi) is 6.57. The van der Waals surface area contributed by atoms with E-state index < -0.39 is 0 Å². The van der Waals surface area contributed by atoms with Gasteiger partial charge in [-0.3, -0.25) is 14.5 Å². The van der Waals surface area contributed by atoms with Crippen molar-refractivity contribution < 1.29 is 14.3 Å². The fraction of sp³-hybridized carbons (Fsp3) is 0.632. The normalized spacial score (nSPS) is 22.2. The van der Waals surface area contributed by atoms with Gasteiger partial charge in [0, 0.05) is 25.2 Å². The maximum atomic E-state index is 12.5. The third-order valence-corrected chi connectivity index (χ3v) is 5.18. The van der Waals surface area contributed by atoms with Gasteiger partial charge in [0.2, 0.25) is 11.8 Å². The van der Waals surface area contributed by atoms with Crippen LogP contribution in [0.2, 0.25) is 0 Å². The molecule has 0 aliphatic carbocycles. The molecule has 1 atom stereocenters. The van der Waals surface area contributed by atoms with Gasteiger partial charge in [-0.05, 0) is 44.5 Å². The van der Waals surface area contributed by atoms with Crippen molar-refractivity contribution in [3.63, 3.8) is 0 Å². The number of carbonyl (C=O) groups excluding carboxylic acids is 2. The predicted molar refractivity (Wildman–Crippen MR) is 98.6 cm³/mol. The smallest absolute Gasteiger partial charge is 0.236 e. The van der Waals surface area contributed by atoms with E-state index in [9.17, 15) is 9.59 Å². The summed E-state index contributed by atoms with van der Waals surface area (Å²) in [4.78, 5) is 33.1. The number of nitrogens with zero attached hydrogens (tertiary/aromatic N) is 3. The molecule has 2 saturated heterocycles. The van der Waals surface area contributed by atoms with E-state index in [1.54, 1.807) is 12.3 Å². The number of hydrogen-bond acceptors (Lipinski definition) is 5. The second-order valence-corrected chi connectivity index (χ2v) is 7.00. The standard InChI is InChI=1S/C19H28N4O3/c1-2-16-13-23(11-12-26-16)18(24)14-22-9-6-15(7-10-22)19(25)21-17-5-3-4-8-20-17/h3-5,8,15-16H,2,6-7,9-14H2,1H3,(H,20,21,25). The number of anilines is 1. The van der Waals surface area contributed by atoms with Crippen LogP contribution in [0, 0.1) is 5.92 Å². The van der Waals surface area contributed by atoms with Crippen LogP contribution in [0.3, 0.4) is 0 Å². The Balaban J connectivity index is 1.42. The fourth-order valence-electron chi connectivity index (χ4n) is 3.50. The lowest BCUT2D eigenvalue weighted by Crippen LogP contribution is -2.50. The molecule has 3 rings (SSSR count). The van der Waals surface area contributed by atoms with Crippen LogP contribution >= 0.6 is 0 Å². The Morgan fingerprint density at radius 1 is 1.27 bits per heavy atom. The van der Waals surface area contributed by atoms with Crippen LogP contribution < -0.4 is 5.32 Å². The number of morpholine rings is 1. The molecule has 3 heterocycles. The second kappa shape index (κ2) is 9.09. The van der Waals surface area contributed by atoms with Gasteiger partial charge in [0.1, 0.15) is 5.82 Å². The summed E-state index contributed by atoms with van der Waals surface area (Å²) in [6.07, 6.45) is 4.30. The van der Waals surface area contributed by atoms with Gasteiger partial charge >= 0.3 is 0 Å². The lowest BCUT2D eigenvalue weighted by molar-refractivity contribution is -0.140. The lowest BCUT2D eigenvalue weighted by atomic mass is 9.96. The van der Waals surface area contributed by atoms with Crippen molar-refractivity contribution in [3.8, 4) is 0 Å². The summed E-state index contributed by atoms with van der Waals surface area (Å²) < 4.78 is 5.63. The van der Waals surface area contributed by atoms with Crippen molar-refractivity contribution in [2.75, 3.05) is 44.6 Å². The van der Waals surface area contributed by atoms with Crippen LogP contribution in [0.5, 0.6) is 0 Å². The predicted octanol–water partition coefficient (Wildman–Crippen LogP) is 1.37. The van der Waals surface area contributed by atoms with Crippen molar-refractivity contribution in [1.82, 2.24) is 14.8 Å². The lowest BCUT2D eigenvalue weighted by Gasteiger charge is -2.35. The quantitative estimate of drug-likeness (QED) is 0.858. The van der Waals surface area contributed by atoms with Gasteiger partial charge in [-0.2, -0.15) is 0 Å². The van der Waals surface area contributed by atoms with Gasteiger partial charge < -0.3 is 15.0 Å². The van der Waals surface area contributed by atoms with E-state index in [-0.39, 0.29) is 23.8 Å². The Morgan fingerprint density at radius 3 is 2.77 bits per heavy atom. The van der Waals surface area contributed by atoms with Crippen molar-refractivity contribution >= 4 is 17.6 Å². The van der Waals surface area contributed by atoms with Crippen molar-refractivity contribution in [3.05, 3.63) is 24.4 Å². The first-order chi connectivity index (χ1) is 12.7. The van der Waals surface area contributed by atoms with Crippen LogP contribution in [0.1, 0.15) is 26.2 Å². The molecule has 26 heavy (non-hydrogen) atoms. The number of nitrogens with one attached hydrogen (secondary N) is 1. The molecule has 1 aromatic rings. The molecule has 1 aromatic heterocycles. The number of hydrogen-bond donors (Lipinski definition) is 1. The van der Waals surface area contributed by atoms with Gasteiger partial charge in [0.15, 0.2) is 0 Å². The number of rotatable bonds is 5. The van der Waals surface area contributed by atoms with Crippen LogP contribution in [0.25, 0.3) is 0 Å². The van der Waals surface area contributed by atoms with E-state index >= 15 is 0 Å². The molecule has 1 N–H and O–H groups in total. The van der Waals surface area contributed by atoms with E-state index in [2.05, 4.69) is 22.1 Å². The average Bonchev–Trinajstić information content (AvgIpc) is 2.69. The molecular weight excluding hydrogens is 332 g/mol. The Bertz CT molecular complexity index is 602. The number of carbonyl (C=O) groups is 2. The first kappa shape index (κ1) is 18.8. The third kappa shape index (κ3) is 5.02. The Labute approximate surface area is 154 Å². The molecule has 142 valence electrons. The van der Waals surface area contributed by atoms with E-state index in [0.29, 0.717) is 32.1 Å². The number of pyridine rings is 1. The van der Waals surface area contributed by atoms with E-state index in [1.807, 2.05) is 17.0 Å². The number of piperidine rings is 1. The molecule has 7 nitrogen and oxygen atoms in total. The second-order valence-electron chi connectivity index (χ2n) is 7.00. The molecule has 7 heteroatoms. The molecule has 0 radical (unpaired) electrons. The number of likely N-dealkylation sites (tertiary alicyclic amines) is 1. The van der Waals surface area contributed by atoms with Crippen LogP contribution in [0.4, 0.5) is 5.82 Å². The zero-order valence-corrected chi connectivity index (χ0v) is 15.4. The monoisotopic (exact) mass is 360 g/mol. The molecular formula is C19H28N4O3. The van der Waals surface area contributed by atoms with Crippen LogP contribution in [-0.2, 0) is 14.3 Å². The van der Waals surface area contributed by atoms with Crippen molar-refractivity contribution in [2.24, 2.45) is 5.92 Å². The topological polar surface area (TPSA) is 74.8 Å². The summed E-state index contributed by atoms with van der Waals surface area (Å²) in [5, 5.41) is 2.87. The number of ether oxygens (including phenoxy) is 1. The average molecular weight is 360 g/mol. The summed E-state index contributed by atoms with van der Waals surface area (Å²) in [7, 11) is 0. The Morgan fingerprint density at radius 2 is 2.08 bits per heavy atom. The SMILES string of the molecule is CCC1CN(C(=O)CN2CCC(C(=O)Nc3ccccn3)CC2)CCO1. The third-order valence-electron chi connectivity index (χ3n) is 5.18. The molecule has 0 bridgehead atoms. The minimum atomic E-state index is -0.0174. The zero-order chi connectivity index (χ0) is 18.4. The van der Waals surface area contributed by atoms with E-state index in [0.717, 1.165) is 32.4 Å². The number of amides is 2.